The topological polar surface area (TPSA) is 249 Å². The van der Waals surface area contributed by atoms with Crippen molar-refractivity contribution >= 4 is 76.3 Å². The fourth-order valence-electron chi connectivity index (χ4n) is 10.4. The predicted molar refractivity (Wildman–Crippen MR) is 286 cm³/mol. The van der Waals surface area contributed by atoms with Crippen LogP contribution in [0.15, 0.2) is 91.0 Å². The maximum absolute atomic E-state index is 15.2. The lowest BCUT2D eigenvalue weighted by atomic mass is 9.83. The van der Waals surface area contributed by atoms with Crippen molar-refractivity contribution in [1.29, 1.82) is 0 Å². The van der Waals surface area contributed by atoms with Gasteiger partial charge in [0.2, 0.25) is 23.6 Å². The first kappa shape index (κ1) is 56.1. The molecule has 4 aromatic carbocycles. The molecule has 4 aliphatic heterocycles. The third-order valence-corrected chi connectivity index (χ3v) is 16.7. The van der Waals surface area contributed by atoms with Crippen molar-refractivity contribution in [2.24, 2.45) is 5.41 Å². The molecule has 4 atom stereocenters. The lowest BCUT2D eigenvalue weighted by Crippen LogP contribution is -2.61. The molecule has 412 valence electrons. The van der Waals surface area contributed by atoms with E-state index in [4.69, 9.17) is 4.74 Å². The minimum Gasteiger partial charge on any atom is -0.484 e. The first-order valence-corrected chi connectivity index (χ1v) is 28.2. The average Bonchev–Trinajstić information content (AvgIpc) is 4.22. The smallest absolute Gasteiger partial charge is 0.399 e. The highest BCUT2D eigenvalue weighted by Crippen LogP contribution is 2.59. The standard InChI is InChI=1S/C57H57F2N6O12PS/c1-56(2,3)49(62-51(69)45-29-37-26-39(19-22-44(37)79-45)57(58,59)78(74,75)76)55(73)64-31-38-27-40(20-18-35(38)28-43(64)53(71)63-25-11-16-36(30-63)33-12-6-4-7-13-33)77-32-47(67)60-24-9-5-8-14-34-15-10-17-41-48(34)54(72)65(52(41)70)42-21-23-46(66)61-50(42)68/h4,6-7,10,12-13,15,17-20,22,26-27,29,36,42-43,49H,5,9,11,16,21,23-25,28,30-32H2,1-3H3,(H,60,67)(H,62,69)(H,61,66,68)(H2,74,75,76)/t36-,42?,43-,49?/m0/s1. The molecule has 5 heterocycles. The van der Waals surface area contributed by atoms with Crippen LogP contribution in [0.2, 0.25) is 0 Å². The maximum atomic E-state index is 15.2. The number of fused-ring (bicyclic) bond motifs is 3. The summed E-state index contributed by atoms with van der Waals surface area (Å²) in [5, 5.41) is 7.97. The number of halogens is 2. The Hall–Kier alpha value is -7.63. The van der Waals surface area contributed by atoms with Crippen LogP contribution in [0.25, 0.3) is 10.1 Å². The van der Waals surface area contributed by atoms with Gasteiger partial charge in [0, 0.05) is 67.2 Å². The van der Waals surface area contributed by atoms with E-state index >= 15 is 4.79 Å². The molecule has 0 aliphatic carbocycles. The third-order valence-electron chi connectivity index (χ3n) is 14.6. The van der Waals surface area contributed by atoms with Crippen molar-refractivity contribution in [2.75, 3.05) is 26.2 Å². The van der Waals surface area contributed by atoms with Crippen molar-refractivity contribution in [2.45, 2.75) is 102 Å². The molecule has 4 aliphatic rings. The highest BCUT2D eigenvalue weighted by molar-refractivity contribution is 7.52. The number of carbonyl (C=O) groups excluding carboxylic acids is 8. The molecule has 2 fully saturated rings. The molecule has 18 nitrogen and oxygen atoms in total. The van der Waals surface area contributed by atoms with E-state index in [1.165, 1.54) is 23.1 Å². The number of nitrogens with zero attached hydrogens (tertiary/aromatic N) is 3. The Morgan fingerprint density at radius 1 is 0.924 bits per heavy atom. The van der Waals surface area contributed by atoms with E-state index in [0.29, 0.717) is 47.5 Å². The van der Waals surface area contributed by atoms with Gasteiger partial charge < -0.3 is 35.0 Å². The fraction of sp³-hybridized carbons (Fsp3) is 0.368. The molecule has 79 heavy (non-hydrogen) atoms. The van der Waals surface area contributed by atoms with E-state index in [0.717, 1.165) is 52.3 Å². The zero-order valence-electron chi connectivity index (χ0n) is 43.4. The van der Waals surface area contributed by atoms with Gasteiger partial charge in [0.25, 0.3) is 23.6 Å². The lowest BCUT2D eigenvalue weighted by Gasteiger charge is -2.43. The van der Waals surface area contributed by atoms with E-state index in [9.17, 15) is 56.7 Å². The molecule has 0 bridgehead atoms. The van der Waals surface area contributed by atoms with E-state index in [-0.39, 0.29) is 72.2 Å². The number of thiophene rings is 1. The summed E-state index contributed by atoms with van der Waals surface area (Å²) in [7, 11) is -5.87. The number of alkyl halides is 2. The van der Waals surface area contributed by atoms with Crippen LogP contribution in [0.4, 0.5) is 8.78 Å². The van der Waals surface area contributed by atoms with E-state index < -0.39 is 83.7 Å². The highest BCUT2D eigenvalue weighted by Gasteiger charge is 2.51. The SMILES string of the molecule is CC(C)(C)C(NC(=O)c1cc2cc(C(F)(F)P(=O)(O)O)ccc2s1)C(=O)N1Cc2cc(OCC(=O)NCCCC#Cc3cccc4c3C(=O)N(C3CCC(=O)NC3=O)C4=O)ccc2C[C@H]1C(=O)N1CCC[C@H](c2ccccc2)C1. The summed E-state index contributed by atoms with van der Waals surface area (Å²) in [6.45, 7) is 6.03. The number of ether oxygens (including phenoxy) is 1. The number of rotatable bonds is 14. The number of carbonyl (C=O) groups is 8. The Kier molecular flexibility index (Phi) is 16.1. The quantitative estimate of drug-likeness (QED) is 0.0353. The second kappa shape index (κ2) is 22.6. The molecule has 8 amide bonds. The number of hydrogen-bond donors (Lipinski definition) is 5. The third kappa shape index (κ3) is 11.9. The second-order valence-electron chi connectivity index (χ2n) is 21.1. The minimum atomic E-state index is -5.87. The molecule has 5 N–H and O–H groups in total. The lowest BCUT2D eigenvalue weighted by molar-refractivity contribution is -0.150. The van der Waals surface area contributed by atoms with Gasteiger partial charge >= 0.3 is 13.3 Å². The number of imide groups is 2. The normalized spacial score (nSPS) is 19.0. The van der Waals surface area contributed by atoms with Crippen LogP contribution < -0.4 is 20.7 Å². The number of benzene rings is 4. The Bertz CT molecular complexity index is 3420. The minimum absolute atomic E-state index is 0.00321. The van der Waals surface area contributed by atoms with Crippen molar-refractivity contribution in [3.05, 3.63) is 135 Å². The second-order valence-corrected chi connectivity index (χ2v) is 23.8. The first-order valence-electron chi connectivity index (χ1n) is 25.8. The van der Waals surface area contributed by atoms with Crippen LogP contribution in [0.1, 0.15) is 123 Å². The number of unbranched alkanes of at least 4 members (excludes halogenated alkanes) is 1. The van der Waals surface area contributed by atoms with E-state index in [1.54, 1.807) is 56.0 Å². The van der Waals surface area contributed by atoms with Crippen molar-refractivity contribution in [3.63, 3.8) is 0 Å². The Morgan fingerprint density at radius 2 is 1.70 bits per heavy atom. The Labute approximate surface area is 457 Å². The van der Waals surface area contributed by atoms with Gasteiger partial charge in [-0.25, -0.2) is 0 Å². The summed E-state index contributed by atoms with van der Waals surface area (Å²) in [6, 6.07) is 20.9. The summed E-state index contributed by atoms with van der Waals surface area (Å²) >= 11 is 0.948. The molecule has 0 radical (unpaired) electrons. The van der Waals surface area contributed by atoms with E-state index in [1.807, 2.05) is 30.3 Å². The number of piperidine rings is 2. The van der Waals surface area contributed by atoms with Gasteiger partial charge in [-0.3, -0.25) is 53.1 Å². The summed E-state index contributed by atoms with van der Waals surface area (Å²) < 4.78 is 47.2. The fourth-order valence-corrected chi connectivity index (χ4v) is 11.8. The van der Waals surface area contributed by atoms with Crippen LogP contribution in [-0.2, 0) is 47.2 Å². The summed E-state index contributed by atoms with van der Waals surface area (Å²) in [6.07, 6.45) is 2.54. The maximum Gasteiger partial charge on any atom is 0.399 e. The summed E-state index contributed by atoms with van der Waals surface area (Å²) in [5.41, 5.74) is -3.26. The van der Waals surface area contributed by atoms with Gasteiger partial charge in [-0.05, 0) is 95.6 Å². The van der Waals surface area contributed by atoms with Gasteiger partial charge in [0.15, 0.2) is 6.61 Å². The molecular formula is C57H57F2N6O12PS. The van der Waals surface area contributed by atoms with Gasteiger partial charge in [-0.2, -0.15) is 8.78 Å². The predicted octanol–water partition coefficient (Wildman–Crippen LogP) is 6.36. The van der Waals surface area contributed by atoms with Crippen molar-refractivity contribution < 1.29 is 66.2 Å². The van der Waals surface area contributed by atoms with Gasteiger partial charge in [0.05, 0.1) is 16.0 Å². The van der Waals surface area contributed by atoms with Crippen molar-refractivity contribution in [3.8, 4) is 17.6 Å². The van der Waals surface area contributed by atoms with Gasteiger partial charge in [-0.1, -0.05) is 81.1 Å². The number of likely N-dealkylation sites (tertiary alicyclic amines) is 1. The highest BCUT2D eigenvalue weighted by atomic mass is 32.1. The summed E-state index contributed by atoms with van der Waals surface area (Å²) in [5.74, 6) is 1.93. The molecule has 5 aromatic rings. The Morgan fingerprint density at radius 3 is 2.43 bits per heavy atom. The molecular weight excluding hydrogens is 1060 g/mol. The molecule has 0 saturated carbocycles. The van der Waals surface area contributed by atoms with Crippen molar-refractivity contribution in [1.82, 2.24) is 30.7 Å². The van der Waals surface area contributed by atoms with Crippen LogP contribution in [0, 0.1) is 17.3 Å². The molecule has 9 rings (SSSR count). The number of nitrogens with one attached hydrogen (secondary N) is 3. The van der Waals surface area contributed by atoms with Crippen LogP contribution in [0.5, 0.6) is 5.75 Å². The number of amides is 8. The molecule has 22 heteroatoms. The van der Waals surface area contributed by atoms with Crippen LogP contribution in [-0.4, -0.2) is 116 Å². The van der Waals surface area contributed by atoms with Crippen LogP contribution >= 0.6 is 18.9 Å². The van der Waals surface area contributed by atoms with Gasteiger partial charge in [-0.15, -0.1) is 11.3 Å². The largest absolute Gasteiger partial charge is 0.484 e. The molecule has 1 aromatic heterocycles. The molecule has 2 unspecified atom stereocenters. The zero-order valence-corrected chi connectivity index (χ0v) is 45.1. The van der Waals surface area contributed by atoms with Gasteiger partial charge in [0.1, 0.15) is 23.9 Å². The van der Waals surface area contributed by atoms with E-state index in [2.05, 4.69) is 27.8 Å². The molecule has 0 spiro atoms. The average molecular weight is 1120 g/mol. The van der Waals surface area contributed by atoms with Crippen LogP contribution in [0.3, 0.4) is 0 Å². The monoisotopic (exact) mass is 1120 g/mol. The summed E-state index contributed by atoms with van der Waals surface area (Å²) in [4.78, 5) is 131. The Balaban J connectivity index is 0.865. The first-order chi connectivity index (χ1) is 37.5. The number of hydrogen-bond acceptors (Lipinski definition) is 11. The zero-order chi connectivity index (χ0) is 56.6. The molecule has 2 saturated heterocycles.